The lowest BCUT2D eigenvalue weighted by Gasteiger charge is -2.22. The van der Waals surface area contributed by atoms with Crippen LogP contribution in [0.5, 0.6) is 0 Å². The first-order chi connectivity index (χ1) is 13.3. The molecule has 0 radical (unpaired) electrons. The van der Waals surface area contributed by atoms with Crippen molar-refractivity contribution in [2.24, 2.45) is 0 Å². The van der Waals surface area contributed by atoms with Crippen LogP contribution in [0.25, 0.3) is 11.0 Å². The molecule has 1 N–H and O–H groups in total. The number of nitrogens with zero attached hydrogens (tertiary/aromatic N) is 3. The highest BCUT2D eigenvalue weighted by Crippen LogP contribution is 2.32. The molecule has 3 heterocycles. The minimum atomic E-state index is -4.44. The molecule has 0 amide bonds. The Morgan fingerprint density at radius 3 is 2.75 bits per heavy atom. The van der Waals surface area contributed by atoms with Crippen molar-refractivity contribution in [1.29, 1.82) is 0 Å². The molecule has 6 nitrogen and oxygen atoms in total. The summed E-state index contributed by atoms with van der Waals surface area (Å²) in [6, 6.07) is 3.49. The average Bonchev–Trinajstić information content (AvgIpc) is 3.08. The second kappa shape index (κ2) is 7.32. The maximum atomic E-state index is 13.0. The molecule has 2 aromatic heterocycles. The molecule has 0 aliphatic carbocycles. The van der Waals surface area contributed by atoms with Crippen LogP contribution in [0.1, 0.15) is 35.8 Å². The summed E-state index contributed by atoms with van der Waals surface area (Å²) >= 11 is 3.27. The van der Waals surface area contributed by atoms with E-state index in [0.29, 0.717) is 34.3 Å². The van der Waals surface area contributed by atoms with Crippen LogP contribution in [0.15, 0.2) is 33.7 Å². The lowest BCUT2D eigenvalue weighted by atomic mass is 10.1. The lowest BCUT2D eigenvalue weighted by molar-refractivity contribution is -0.137. The summed E-state index contributed by atoms with van der Waals surface area (Å²) < 4.78 is 46.6. The van der Waals surface area contributed by atoms with Gasteiger partial charge in [0.15, 0.2) is 5.65 Å². The highest BCUT2D eigenvalue weighted by molar-refractivity contribution is 9.10. The second-order valence-corrected chi connectivity index (χ2v) is 7.52. The van der Waals surface area contributed by atoms with E-state index in [0.717, 1.165) is 25.0 Å². The van der Waals surface area contributed by atoms with Gasteiger partial charge in [0, 0.05) is 24.1 Å². The summed E-state index contributed by atoms with van der Waals surface area (Å²) in [6.07, 6.45) is -1.39. The number of aromatic nitrogens is 4. The quantitative estimate of drug-likeness (QED) is 0.649. The van der Waals surface area contributed by atoms with Gasteiger partial charge in [0.05, 0.1) is 17.8 Å². The number of rotatable bonds is 3. The highest BCUT2D eigenvalue weighted by Gasteiger charge is 2.31. The minimum Gasteiger partial charge on any atom is -0.381 e. The molecule has 1 fully saturated rings. The van der Waals surface area contributed by atoms with Crippen LogP contribution in [0, 0.1) is 0 Å². The van der Waals surface area contributed by atoms with Crippen molar-refractivity contribution < 1.29 is 17.9 Å². The van der Waals surface area contributed by atoms with Gasteiger partial charge in [0.2, 0.25) is 0 Å². The third-order valence-electron chi connectivity index (χ3n) is 4.78. The molecular weight excluding hydrogens is 441 g/mol. The molecule has 1 saturated heterocycles. The number of benzene rings is 1. The molecule has 4 rings (SSSR count). The Morgan fingerprint density at radius 2 is 2.04 bits per heavy atom. The number of H-pyrrole nitrogens is 1. The van der Waals surface area contributed by atoms with Gasteiger partial charge in [-0.25, -0.2) is 9.67 Å². The Hall–Kier alpha value is -2.20. The molecule has 0 spiro atoms. The van der Waals surface area contributed by atoms with Crippen LogP contribution >= 0.6 is 15.9 Å². The first-order valence-corrected chi connectivity index (χ1v) is 9.52. The van der Waals surface area contributed by atoms with Gasteiger partial charge in [-0.15, -0.1) is 0 Å². The summed E-state index contributed by atoms with van der Waals surface area (Å²) in [5, 5.41) is 4.67. The third kappa shape index (κ3) is 3.70. The SMILES string of the molecule is O=c1[nH]c(Cc2cc(C(F)(F)F)ccc2Br)nc2c1cnn2C1CCOCC1. The first kappa shape index (κ1) is 19.1. The van der Waals surface area contributed by atoms with E-state index in [1.165, 1.54) is 12.3 Å². The van der Waals surface area contributed by atoms with Gasteiger partial charge in [-0.2, -0.15) is 18.3 Å². The van der Waals surface area contributed by atoms with E-state index in [9.17, 15) is 18.0 Å². The monoisotopic (exact) mass is 456 g/mol. The van der Waals surface area contributed by atoms with Crippen molar-refractivity contribution in [2.45, 2.75) is 31.5 Å². The Labute approximate surface area is 165 Å². The second-order valence-electron chi connectivity index (χ2n) is 6.66. The molecule has 10 heteroatoms. The molecule has 28 heavy (non-hydrogen) atoms. The van der Waals surface area contributed by atoms with Crippen molar-refractivity contribution in [3.8, 4) is 0 Å². The highest BCUT2D eigenvalue weighted by atomic mass is 79.9. The summed E-state index contributed by atoms with van der Waals surface area (Å²) in [4.78, 5) is 19.6. The number of nitrogens with one attached hydrogen (secondary N) is 1. The Kier molecular flexibility index (Phi) is 5.00. The van der Waals surface area contributed by atoms with E-state index in [4.69, 9.17) is 4.74 Å². The number of hydrogen-bond acceptors (Lipinski definition) is 4. The molecule has 0 bridgehead atoms. The van der Waals surface area contributed by atoms with Gasteiger partial charge in [-0.1, -0.05) is 15.9 Å². The molecule has 0 saturated carbocycles. The Balaban J connectivity index is 1.73. The fraction of sp³-hybridized carbons (Fsp3) is 0.389. The van der Waals surface area contributed by atoms with Crippen LogP contribution in [-0.2, 0) is 17.3 Å². The van der Waals surface area contributed by atoms with Crippen molar-refractivity contribution in [2.75, 3.05) is 13.2 Å². The molecule has 1 aliphatic heterocycles. The normalized spacial score (nSPS) is 16.0. The fourth-order valence-electron chi connectivity index (χ4n) is 3.33. The average molecular weight is 457 g/mol. The van der Waals surface area contributed by atoms with E-state index >= 15 is 0 Å². The van der Waals surface area contributed by atoms with Crippen LogP contribution in [-0.4, -0.2) is 33.0 Å². The number of ether oxygens (including phenoxy) is 1. The van der Waals surface area contributed by atoms with Crippen molar-refractivity contribution in [3.63, 3.8) is 0 Å². The zero-order valence-corrected chi connectivity index (χ0v) is 16.2. The summed E-state index contributed by atoms with van der Waals surface area (Å²) in [5.74, 6) is 0.284. The van der Waals surface area contributed by atoms with Crippen molar-refractivity contribution in [3.05, 3.63) is 56.2 Å². The minimum absolute atomic E-state index is 0.0502. The zero-order valence-electron chi connectivity index (χ0n) is 14.6. The summed E-state index contributed by atoms with van der Waals surface area (Å²) in [5.41, 5.74) is -0.286. The van der Waals surface area contributed by atoms with Crippen LogP contribution < -0.4 is 5.56 Å². The molecule has 0 atom stereocenters. The first-order valence-electron chi connectivity index (χ1n) is 8.72. The maximum absolute atomic E-state index is 13.0. The predicted molar refractivity (Wildman–Crippen MR) is 99.2 cm³/mol. The molecule has 1 aromatic carbocycles. The van der Waals surface area contributed by atoms with Gasteiger partial charge < -0.3 is 9.72 Å². The molecular formula is C18H16BrF3N4O2. The lowest BCUT2D eigenvalue weighted by Crippen LogP contribution is -2.21. The Morgan fingerprint density at radius 1 is 1.29 bits per heavy atom. The summed E-state index contributed by atoms with van der Waals surface area (Å²) in [6.45, 7) is 1.22. The van der Waals surface area contributed by atoms with Gasteiger partial charge in [0.1, 0.15) is 11.2 Å². The standard InChI is InChI=1S/C18H16BrF3N4O2/c19-14-2-1-11(18(20,21)22)7-10(14)8-15-24-16-13(17(27)25-15)9-23-26(16)12-3-5-28-6-4-12/h1-2,7,9,12H,3-6,8H2,(H,24,25,27). The number of halogens is 4. The largest absolute Gasteiger partial charge is 0.416 e. The third-order valence-corrected chi connectivity index (χ3v) is 5.55. The number of aromatic amines is 1. The topological polar surface area (TPSA) is 72.8 Å². The van der Waals surface area contributed by atoms with E-state index in [1.807, 2.05) is 0 Å². The van der Waals surface area contributed by atoms with E-state index in [2.05, 4.69) is 31.0 Å². The van der Waals surface area contributed by atoms with Gasteiger partial charge >= 0.3 is 6.18 Å². The van der Waals surface area contributed by atoms with Gasteiger partial charge in [-0.3, -0.25) is 4.79 Å². The Bertz CT molecular complexity index is 1070. The molecule has 1 aliphatic rings. The number of fused-ring (bicyclic) bond motifs is 1. The zero-order chi connectivity index (χ0) is 19.9. The predicted octanol–water partition coefficient (Wildman–Crippen LogP) is 3.84. The smallest absolute Gasteiger partial charge is 0.381 e. The van der Waals surface area contributed by atoms with Crippen LogP contribution in [0.4, 0.5) is 13.2 Å². The molecule has 0 unspecified atom stereocenters. The fourth-order valence-corrected chi connectivity index (χ4v) is 3.72. The van der Waals surface area contributed by atoms with Crippen LogP contribution in [0.3, 0.4) is 0 Å². The van der Waals surface area contributed by atoms with E-state index in [1.54, 1.807) is 4.68 Å². The van der Waals surface area contributed by atoms with Crippen LogP contribution in [0.2, 0.25) is 0 Å². The number of alkyl halides is 3. The summed E-state index contributed by atoms with van der Waals surface area (Å²) in [7, 11) is 0. The van der Waals surface area contributed by atoms with Gasteiger partial charge in [0.25, 0.3) is 5.56 Å². The number of hydrogen-bond donors (Lipinski definition) is 1. The maximum Gasteiger partial charge on any atom is 0.416 e. The van der Waals surface area contributed by atoms with Crippen molar-refractivity contribution >= 4 is 27.0 Å². The van der Waals surface area contributed by atoms with E-state index < -0.39 is 11.7 Å². The molecule has 148 valence electrons. The van der Waals surface area contributed by atoms with E-state index in [-0.39, 0.29) is 23.8 Å². The molecule has 3 aromatic rings. The van der Waals surface area contributed by atoms with Gasteiger partial charge in [-0.05, 0) is 36.6 Å². The van der Waals surface area contributed by atoms with Crippen molar-refractivity contribution in [1.82, 2.24) is 19.7 Å².